The molecule has 3 atom stereocenters. The zero-order valence-electron chi connectivity index (χ0n) is 21.6. The average Bonchev–Trinajstić information content (AvgIpc) is 2.93. The van der Waals surface area contributed by atoms with Crippen LogP contribution in [0.3, 0.4) is 0 Å². The van der Waals surface area contributed by atoms with E-state index < -0.39 is 23.8 Å². The number of hydrogen-bond donors (Lipinski definition) is 2. The lowest BCUT2D eigenvalue weighted by Crippen LogP contribution is -2.46. The smallest absolute Gasteiger partial charge is 0.327 e. The summed E-state index contributed by atoms with van der Waals surface area (Å²) in [6, 6.07) is 27.9. The zero-order chi connectivity index (χ0) is 27.2. The van der Waals surface area contributed by atoms with Crippen molar-refractivity contribution in [1.82, 2.24) is 5.32 Å². The number of benzene rings is 3. The fourth-order valence-electron chi connectivity index (χ4n) is 4.28. The second kappa shape index (κ2) is 15.6. The van der Waals surface area contributed by atoms with Gasteiger partial charge in [-0.25, -0.2) is 4.79 Å². The lowest BCUT2D eigenvalue weighted by atomic mass is 9.85. The molecule has 0 aliphatic carbocycles. The van der Waals surface area contributed by atoms with Gasteiger partial charge in [0.1, 0.15) is 6.04 Å². The van der Waals surface area contributed by atoms with Crippen LogP contribution >= 0.6 is 11.8 Å². The Labute approximate surface area is 228 Å². The zero-order valence-corrected chi connectivity index (χ0v) is 22.4. The monoisotopic (exact) mass is 533 g/mol. The Morgan fingerprint density at radius 2 is 1.29 bits per heavy atom. The van der Waals surface area contributed by atoms with Gasteiger partial charge in [-0.15, -0.1) is 0 Å². The fraction of sp³-hybridized carbons (Fsp3) is 0.323. The number of hydrogen-bond acceptors (Lipinski definition) is 5. The van der Waals surface area contributed by atoms with Crippen molar-refractivity contribution in [2.45, 2.75) is 38.0 Å². The Morgan fingerprint density at radius 3 is 1.79 bits per heavy atom. The number of nitrogens with one attached hydrogen (secondary N) is 1. The molecule has 3 aromatic carbocycles. The normalized spacial score (nSPS) is 13.2. The summed E-state index contributed by atoms with van der Waals surface area (Å²) in [5.41, 5.74) is 3.01. The number of ether oxygens (including phenoxy) is 1. The van der Waals surface area contributed by atoms with Gasteiger partial charge in [0, 0.05) is 17.4 Å². The number of carboxylic acids is 1. The summed E-state index contributed by atoms with van der Waals surface area (Å²) in [6.45, 7) is 2.01. The van der Waals surface area contributed by atoms with Crippen molar-refractivity contribution in [1.29, 1.82) is 0 Å². The van der Waals surface area contributed by atoms with Crippen LogP contribution in [0.5, 0.6) is 0 Å². The van der Waals surface area contributed by atoms with Crippen molar-refractivity contribution in [2.75, 3.05) is 12.4 Å². The van der Waals surface area contributed by atoms with Gasteiger partial charge in [0.15, 0.2) is 0 Å². The summed E-state index contributed by atoms with van der Waals surface area (Å²) in [7, 11) is 0. The Kier molecular flexibility index (Phi) is 11.9. The second-order valence-corrected chi connectivity index (χ2v) is 10.2. The maximum Gasteiger partial charge on any atom is 0.327 e. The number of carbonyl (C=O) groups is 3. The predicted octanol–water partition coefficient (Wildman–Crippen LogP) is 5.16. The quantitative estimate of drug-likeness (QED) is 0.262. The highest BCUT2D eigenvalue weighted by atomic mass is 32.2. The molecule has 1 amide bonds. The highest BCUT2D eigenvalue weighted by Crippen LogP contribution is 2.24. The minimum atomic E-state index is -1.08. The standard InChI is InChI=1S/C31H35NO5S/c1-2-37-31(36)27(19-24-14-8-4-9-15-24)20-26(18-23-12-6-3-7-13-23)29(33)32-28(30(34)35)22-38-21-25-16-10-5-11-17-25/h3-17,26-28H,2,18-22H2,1H3,(H,32,33)(H,34,35)/t26-,27-,28+/m1/s1. The molecule has 0 heterocycles. The Balaban J connectivity index is 1.75. The van der Waals surface area contributed by atoms with Crippen molar-refractivity contribution in [2.24, 2.45) is 11.8 Å². The minimum Gasteiger partial charge on any atom is -0.480 e. The summed E-state index contributed by atoms with van der Waals surface area (Å²) in [4.78, 5) is 38.5. The van der Waals surface area contributed by atoms with E-state index in [0.717, 1.165) is 16.7 Å². The van der Waals surface area contributed by atoms with Gasteiger partial charge in [-0.05, 0) is 42.9 Å². The topological polar surface area (TPSA) is 92.7 Å². The first-order valence-electron chi connectivity index (χ1n) is 12.9. The van der Waals surface area contributed by atoms with Crippen LogP contribution in [0.4, 0.5) is 0 Å². The molecule has 38 heavy (non-hydrogen) atoms. The van der Waals surface area contributed by atoms with Gasteiger partial charge in [0.2, 0.25) is 5.91 Å². The molecule has 200 valence electrons. The number of esters is 1. The lowest BCUT2D eigenvalue weighted by molar-refractivity contribution is -0.149. The first-order valence-corrected chi connectivity index (χ1v) is 14.0. The van der Waals surface area contributed by atoms with Gasteiger partial charge >= 0.3 is 11.9 Å². The third-order valence-electron chi connectivity index (χ3n) is 6.22. The van der Waals surface area contributed by atoms with Crippen molar-refractivity contribution < 1.29 is 24.2 Å². The third-order valence-corrected chi connectivity index (χ3v) is 7.33. The van der Waals surface area contributed by atoms with Crippen LogP contribution in [0.25, 0.3) is 0 Å². The van der Waals surface area contributed by atoms with E-state index in [4.69, 9.17) is 4.74 Å². The molecule has 0 spiro atoms. The van der Waals surface area contributed by atoms with E-state index in [9.17, 15) is 19.5 Å². The summed E-state index contributed by atoms with van der Waals surface area (Å²) >= 11 is 1.46. The number of thioether (sulfide) groups is 1. The van der Waals surface area contributed by atoms with Gasteiger partial charge in [-0.1, -0.05) is 91.0 Å². The summed E-state index contributed by atoms with van der Waals surface area (Å²) in [6.07, 6.45) is 1.08. The maximum absolute atomic E-state index is 13.5. The second-order valence-electron chi connectivity index (χ2n) is 9.16. The van der Waals surface area contributed by atoms with Gasteiger partial charge in [-0.2, -0.15) is 11.8 Å². The molecule has 7 heteroatoms. The minimum absolute atomic E-state index is 0.235. The number of amides is 1. The predicted molar refractivity (Wildman–Crippen MR) is 151 cm³/mol. The first kappa shape index (κ1) is 29.0. The van der Waals surface area contributed by atoms with Crippen LogP contribution in [0.15, 0.2) is 91.0 Å². The molecule has 0 saturated heterocycles. The molecule has 0 unspecified atom stereocenters. The Bertz CT molecular complexity index is 1140. The molecule has 0 bridgehead atoms. The average molecular weight is 534 g/mol. The Hall–Kier alpha value is -3.58. The number of rotatable bonds is 15. The number of carboxylic acid groups (broad SMARTS) is 1. The van der Waals surface area contributed by atoms with E-state index in [2.05, 4.69) is 5.32 Å². The molecular weight excluding hydrogens is 498 g/mol. The molecule has 0 aliphatic rings. The van der Waals surface area contributed by atoms with Crippen LogP contribution in [0, 0.1) is 11.8 Å². The molecule has 0 fully saturated rings. The van der Waals surface area contributed by atoms with Gasteiger partial charge in [0.05, 0.1) is 12.5 Å². The highest BCUT2D eigenvalue weighted by molar-refractivity contribution is 7.98. The maximum atomic E-state index is 13.5. The molecule has 3 rings (SSSR count). The fourth-order valence-corrected chi connectivity index (χ4v) is 5.29. The lowest BCUT2D eigenvalue weighted by Gasteiger charge is -2.24. The van der Waals surface area contributed by atoms with E-state index in [1.54, 1.807) is 6.92 Å². The largest absolute Gasteiger partial charge is 0.480 e. The summed E-state index contributed by atoms with van der Waals surface area (Å²) < 4.78 is 5.35. The molecular formula is C31H35NO5S. The van der Waals surface area contributed by atoms with Crippen molar-refractivity contribution in [3.05, 3.63) is 108 Å². The SMILES string of the molecule is CCOC(=O)[C@H](Cc1ccccc1)C[C@@H](Cc1ccccc1)C(=O)N[C@@H](CSCc1ccccc1)C(=O)O. The van der Waals surface area contributed by atoms with Gasteiger partial charge in [-0.3, -0.25) is 9.59 Å². The van der Waals surface area contributed by atoms with Crippen molar-refractivity contribution in [3.8, 4) is 0 Å². The van der Waals surface area contributed by atoms with Gasteiger partial charge in [0.25, 0.3) is 0 Å². The molecule has 6 nitrogen and oxygen atoms in total. The van der Waals surface area contributed by atoms with Crippen LogP contribution in [-0.2, 0) is 37.7 Å². The molecule has 0 saturated carbocycles. The summed E-state index contributed by atoms with van der Waals surface area (Å²) in [5.74, 6) is -2.05. The van der Waals surface area contributed by atoms with E-state index in [0.29, 0.717) is 18.6 Å². The highest BCUT2D eigenvalue weighted by Gasteiger charge is 2.31. The molecule has 0 aliphatic heterocycles. The van der Waals surface area contributed by atoms with Crippen molar-refractivity contribution in [3.63, 3.8) is 0 Å². The summed E-state index contributed by atoms with van der Waals surface area (Å²) in [5, 5.41) is 12.6. The molecule has 3 aromatic rings. The van der Waals surface area contributed by atoms with E-state index in [-0.39, 0.29) is 30.7 Å². The first-order chi connectivity index (χ1) is 18.5. The number of carbonyl (C=O) groups excluding carboxylic acids is 2. The van der Waals surface area contributed by atoms with Crippen LogP contribution in [0.2, 0.25) is 0 Å². The molecule has 0 radical (unpaired) electrons. The van der Waals surface area contributed by atoms with E-state index in [1.165, 1.54) is 11.8 Å². The van der Waals surface area contributed by atoms with E-state index in [1.807, 2.05) is 91.0 Å². The Morgan fingerprint density at radius 1 is 0.789 bits per heavy atom. The molecule has 2 N–H and O–H groups in total. The van der Waals surface area contributed by atoms with Gasteiger partial charge < -0.3 is 15.2 Å². The molecule has 0 aromatic heterocycles. The van der Waals surface area contributed by atoms with Crippen LogP contribution < -0.4 is 5.32 Å². The van der Waals surface area contributed by atoms with Crippen molar-refractivity contribution >= 4 is 29.6 Å². The third kappa shape index (κ3) is 9.71. The van der Waals surface area contributed by atoms with Crippen LogP contribution in [-0.4, -0.2) is 41.4 Å². The number of aliphatic carboxylic acids is 1. The van der Waals surface area contributed by atoms with E-state index >= 15 is 0 Å². The van der Waals surface area contributed by atoms with Crippen LogP contribution in [0.1, 0.15) is 30.0 Å².